The van der Waals surface area contributed by atoms with Crippen molar-refractivity contribution in [2.45, 2.75) is 16.3 Å². The monoisotopic (exact) mass is 362 g/mol. The van der Waals surface area contributed by atoms with E-state index in [1.807, 2.05) is 4.72 Å². The van der Waals surface area contributed by atoms with Crippen LogP contribution in [0.2, 0.25) is 0 Å². The van der Waals surface area contributed by atoms with E-state index in [4.69, 9.17) is 5.14 Å². The standard InChI is InChI=1S/C13H12F2N2O4S2/c14-11-2-1-3-12(15)13(11)23(20,21)17-8-9-4-6-10(7-5-9)22(16,18)19/h1-7,17H,8H2,(H2,16,18,19). The van der Waals surface area contributed by atoms with Gasteiger partial charge in [0.25, 0.3) is 0 Å². The van der Waals surface area contributed by atoms with Crippen molar-refractivity contribution in [1.29, 1.82) is 0 Å². The first-order valence-electron chi connectivity index (χ1n) is 6.17. The predicted molar refractivity (Wildman–Crippen MR) is 78.2 cm³/mol. The summed E-state index contributed by atoms with van der Waals surface area (Å²) < 4.78 is 75.2. The molecule has 0 aliphatic rings. The van der Waals surface area contributed by atoms with Crippen LogP contribution in [0.1, 0.15) is 5.56 Å². The van der Waals surface area contributed by atoms with Gasteiger partial charge < -0.3 is 0 Å². The highest BCUT2D eigenvalue weighted by Crippen LogP contribution is 2.18. The molecule has 0 atom stereocenters. The normalized spacial score (nSPS) is 12.3. The Kier molecular flexibility index (Phi) is 4.80. The molecule has 0 saturated heterocycles. The molecule has 10 heteroatoms. The molecule has 2 aromatic rings. The lowest BCUT2D eigenvalue weighted by molar-refractivity contribution is 0.513. The molecule has 3 N–H and O–H groups in total. The molecule has 0 heterocycles. The third-order valence-electron chi connectivity index (χ3n) is 2.91. The molecule has 2 aromatic carbocycles. The van der Waals surface area contributed by atoms with Crippen molar-refractivity contribution in [3.8, 4) is 0 Å². The van der Waals surface area contributed by atoms with Gasteiger partial charge in [-0.25, -0.2) is 35.5 Å². The molecule has 6 nitrogen and oxygen atoms in total. The second-order valence-corrected chi connectivity index (χ2v) is 7.83. The third kappa shape index (κ3) is 4.10. The molecule has 124 valence electrons. The quantitative estimate of drug-likeness (QED) is 0.830. The molecule has 2 rings (SSSR count). The number of primary sulfonamides is 1. The van der Waals surface area contributed by atoms with Gasteiger partial charge in [-0.15, -0.1) is 0 Å². The average Bonchev–Trinajstić information content (AvgIpc) is 2.44. The number of nitrogens with one attached hydrogen (secondary N) is 1. The van der Waals surface area contributed by atoms with E-state index < -0.39 is 36.6 Å². The first-order valence-corrected chi connectivity index (χ1v) is 9.19. The number of rotatable bonds is 5. The fraction of sp³-hybridized carbons (Fsp3) is 0.0769. The lowest BCUT2D eigenvalue weighted by Crippen LogP contribution is -2.25. The van der Waals surface area contributed by atoms with Crippen LogP contribution in [0.4, 0.5) is 8.78 Å². The summed E-state index contributed by atoms with van der Waals surface area (Å²) in [5, 5.41) is 4.94. The lowest BCUT2D eigenvalue weighted by atomic mass is 10.2. The van der Waals surface area contributed by atoms with Gasteiger partial charge in [-0.2, -0.15) is 0 Å². The van der Waals surface area contributed by atoms with Gasteiger partial charge in [0, 0.05) is 6.54 Å². The highest BCUT2D eigenvalue weighted by molar-refractivity contribution is 7.89. The van der Waals surface area contributed by atoms with Gasteiger partial charge >= 0.3 is 0 Å². The van der Waals surface area contributed by atoms with Gasteiger partial charge in [0.15, 0.2) is 4.90 Å². The highest BCUT2D eigenvalue weighted by atomic mass is 32.2. The van der Waals surface area contributed by atoms with Crippen LogP contribution in [0.5, 0.6) is 0 Å². The second kappa shape index (κ2) is 6.32. The highest BCUT2D eigenvalue weighted by Gasteiger charge is 2.23. The molecule has 0 saturated carbocycles. The summed E-state index contributed by atoms with van der Waals surface area (Å²) in [5.41, 5.74) is 0.387. The zero-order valence-electron chi connectivity index (χ0n) is 11.5. The maximum absolute atomic E-state index is 13.5. The van der Waals surface area contributed by atoms with E-state index in [9.17, 15) is 25.6 Å². The largest absolute Gasteiger partial charge is 0.246 e. The zero-order chi connectivity index (χ0) is 17.3. The van der Waals surface area contributed by atoms with Crippen LogP contribution in [-0.4, -0.2) is 16.8 Å². The van der Waals surface area contributed by atoms with E-state index in [-0.39, 0.29) is 11.4 Å². The van der Waals surface area contributed by atoms with E-state index in [0.717, 1.165) is 18.2 Å². The Labute approximate surface area is 132 Å². The summed E-state index contributed by atoms with van der Waals surface area (Å²) in [6, 6.07) is 7.78. The zero-order valence-corrected chi connectivity index (χ0v) is 13.2. The van der Waals surface area contributed by atoms with Crippen LogP contribution < -0.4 is 9.86 Å². The number of sulfonamides is 2. The summed E-state index contributed by atoms with van der Waals surface area (Å²) in [5.74, 6) is -2.41. The van der Waals surface area contributed by atoms with E-state index in [1.165, 1.54) is 24.3 Å². The van der Waals surface area contributed by atoms with Crippen molar-refractivity contribution in [3.05, 3.63) is 59.7 Å². The van der Waals surface area contributed by atoms with E-state index in [1.54, 1.807) is 0 Å². The molecular weight excluding hydrogens is 350 g/mol. The van der Waals surface area contributed by atoms with Crippen LogP contribution in [0, 0.1) is 11.6 Å². The van der Waals surface area contributed by atoms with E-state index in [2.05, 4.69) is 0 Å². The summed E-state index contributed by atoms with van der Waals surface area (Å²) in [7, 11) is -8.26. The Morgan fingerprint density at radius 2 is 1.43 bits per heavy atom. The Morgan fingerprint density at radius 3 is 1.91 bits per heavy atom. The first-order chi connectivity index (χ1) is 10.6. The fourth-order valence-corrected chi connectivity index (χ4v) is 3.45. The van der Waals surface area contributed by atoms with Crippen molar-refractivity contribution in [3.63, 3.8) is 0 Å². The van der Waals surface area contributed by atoms with Crippen LogP contribution in [0.3, 0.4) is 0 Å². The second-order valence-electron chi connectivity index (χ2n) is 4.56. The Bertz CT molecular complexity index is 907. The molecule has 23 heavy (non-hydrogen) atoms. The SMILES string of the molecule is NS(=O)(=O)c1ccc(CNS(=O)(=O)c2c(F)cccc2F)cc1. The molecule has 0 aliphatic heterocycles. The van der Waals surface area contributed by atoms with Crippen molar-refractivity contribution in [2.24, 2.45) is 5.14 Å². The summed E-state index contributed by atoms with van der Waals surface area (Å²) in [4.78, 5) is -1.20. The minimum absolute atomic E-state index is 0.135. The van der Waals surface area contributed by atoms with Gasteiger partial charge in [-0.1, -0.05) is 18.2 Å². The van der Waals surface area contributed by atoms with Gasteiger partial charge in [0.2, 0.25) is 20.0 Å². The van der Waals surface area contributed by atoms with E-state index in [0.29, 0.717) is 5.56 Å². The molecular formula is C13H12F2N2O4S2. The van der Waals surface area contributed by atoms with Crippen molar-refractivity contribution < 1.29 is 25.6 Å². The maximum atomic E-state index is 13.5. The molecule has 0 radical (unpaired) electrons. The fourth-order valence-electron chi connectivity index (χ4n) is 1.79. The van der Waals surface area contributed by atoms with Crippen LogP contribution in [0.15, 0.2) is 52.3 Å². The topological polar surface area (TPSA) is 106 Å². The van der Waals surface area contributed by atoms with Crippen molar-refractivity contribution in [1.82, 2.24) is 4.72 Å². The lowest BCUT2D eigenvalue weighted by Gasteiger charge is -2.09. The molecule has 0 bridgehead atoms. The minimum atomic E-state index is -4.40. The maximum Gasteiger partial charge on any atom is 0.246 e. The van der Waals surface area contributed by atoms with Crippen LogP contribution >= 0.6 is 0 Å². The third-order valence-corrected chi connectivity index (χ3v) is 5.29. The molecule has 0 unspecified atom stereocenters. The number of halogens is 2. The Balaban J connectivity index is 2.20. The number of hydrogen-bond acceptors (Lipinski definition) is 4. The molecule has 0 fully saturated rings. The van der Waals surface area contributed by atoms with Crippen LogP contribution in [0.25, 0.3) is 0 Å². The summed E-state index contributed by atoms with van der Waals surface area (Å²) >= 11 is 0. The van der Waals surface area contributed by atoms with Crippen LogP contribution in [-0.2, 0) is 26.6 Å². The van der Waals surface area contributed by atoms with E-state index >= 15 is 0 Å². The summed E-state index contributed by atoms with van der Waals surface area (Å²) in [6.45, 7) is -0.277. The predicted octanol–water partition coefficient (Wildman–Crippen LogP) is 1.09. The van der Waals surface area contributed by atoms with Gasteiger partial charge in [-0.05, 0) is 29.8 Å². The van der Waals surface area contributed by atoms with Gasteiger partial charge in [0.05, 0.1) is 4.90 Å². The summed E-state index contributed by atoms with van der Waals surface area (Å²) in [6.07, 6.45) is 0. The number of hydrogen-bond donors (Lipinski definition) is 2. The smallest absolute Gasteiger partial charge is 0.225 e. The first kappa shape index (κ1) is 17.5. The minimum Gasteiger partial charge on any atom is -0.225 e. The number of benzene rings is 2. The van der Waals surface area contributed by atoms with Gasteiger partial charge in [-0.3, -0.25) is 0 Å². The Hall–Kier alpha value is -1.88. The van der Waals surface area contributed by atoms with Crippen molar-refractivity contribution >= 4 is 20.0 Å². The van der Waals surface area contributed by atoms with Crippen molar-refractivity contribution in [2.75, 3.05) is 0 Å². The van der Waals surface area contributed by atoms with Gasteiger partial charge in [0.1, 0.15) is 11.6 Å². The number of nitrogens with two attached hydrogens (primary N) is 1. The molecule has 0 spiro atoms. The molecule has 0 aromatic heterocycles. The molecule has 0 amide bonds. The molecule has 0 aliphatic carbocycles. The Morgan fingerprint density at radius 1 is 0.913 bits per heavy atom. The average molecular weight is 362 g/mol.